The third-order valence-corrected chi connectivity index (χ3v) is 4.51. The standard InChI is InChI=1S/C23H24O4/c1-15-11-16(2)21(17(3)12-15)22-20(24)13-19(27-23(22)25)9-10-26-14-18-7-5-4-6-8-18/h4-8,11-13,24H,9-10,14H2,1-3H3. The maximum Gasteiger partial charge on any atom is 0.347 e. The van der Waals surface area contributed by atoms with Gasteiger partial charge in [-0.1, -0.05) is 48.0 Å². The molecule has 0 amide bonds. The number of aryl methyl sites for hydroxylation is 3. The first-order valence-electron chi connectivity index (χ1n) is 9.01. The Labute approximate surface area is 159 Å². The first-order valence-corrected chi connectivity index (χ1v) is 9.01. The Bertz CT molecular complexity index is 964. The van der Waals surface area contributed by atoms with Crippen molar-refractivity contribution in [3.05, 3.63) is 87.0 Å². The molecule has 3 rings (SSSR count). The monoisotopic (exact) mass is 364 g/mol. The topological polar surface area (TPSA) is 59.7 Å². The van der Waals surface area contributed by atoms with E-state index in [1.54, 1.807) is 0 Å². The number of rotatable bonds is 6. The minimum Gasteiger partial charge on any atom is -0.507 e. The van der Waals surface area contributed by atoms with Crippen LogP contribution in [0.15, 0.2) is 57.7 Å². The van der Waals surface area contributed by atoms with Crippen molar-refractivity contribution < 1.29 is 14.3 Å². The van der Waals surface area contributed by atoms with Crippen LogP contribution in [0.1, 0.15) is 28.0 Å². The predicted octanol–water partition coefficient (Wildman–Crippen LogP) is 4.70. The Kier molecular flexibility index (Phi) is 5.77. The predicted molar refractivity (Wildman–Crippen MR) is 106 cm³/mol. The second-order valence-electron chi connectivity index (χ2n) is 6.82. The van der Waals surface area contributed by atoms with E-state index in [-0.39, 0.29) is 11.3 Å². The minimum absolute atomic E-state index is 0.0561. The van der Waals surface area contributed by atoms with Crippen LogP contribution in [-0.2, 0) is 17.8 Å². The van der Waals surface area contributed by atoms with Crippen LogP contribution in [-0.4, -0.2) is 11.7 Å². The molecular weight excluding hydrogens is 340 g/mol. The first-order chi connectivity index (χ1) is 13.0. The Morgan fingerprint density at radius 3 is 2.26 bits per heavy atom. The summed E-state index contributed by atoms with van der Waals surface area (Å²) in [6.45, 7) is 6.76. The summed E-state index contributed by atoms with van der Waals surface area (Å²) in [5, 5.41) is 10.5. The summed E-state index contributed by atoms with van der Waals surface area (Å²) in [4.78, 5) is 12.5. The number of aromatic hydroxyl groups is 1. The molecule has 0 saturated heterocycles. The van der Waals surface area contributed by atoms with Gasteiger partial charge in [-0.25, -0.2) is 4.79 Å². The van der Waals surface area contributed by atoms with Crippen molar-refractivity contribution in [2.45, 2.75) is 33.8 Å². The second-order valence-corrected chi connectivity index (χ2v) is 6.82. The van der Waals surface area contributed by atoms with Crippen molar-refractivity contribution in [1.82, 2.24) is 0 Å². The molecule has 0 bridgehead atoms. The molecule has 0 unspecified atom stereocenters. The summed E-state index contributed by atoms with van der Waals surface area (Å²) < 4.78 is 11.1. The van der Waals surface area contributed by atoms with Crippen LogP contribution in [0.2, 0.25) is 0 Å². The molecule has 0 spiro atoms. The van der Waals surface area contributed by atoms with Crippen LogP contribution < -0.4 is 5.63 Å². The maximum absolute atomic E-state index is 12.5. The molecule has 0 aliphatic heterocycles. The van der Waals surface area contributed by atoms with Crippen molar-refractivity contribution in [3.63, 3.8) is 0 Å². The summed E-state index contributed by atoms with van der Waals surface area (Å²) in [5.41, 5.74) is 4.51. The van der Waals surface area contributed by atoms with E-state index in [1.165, 1.54) is 6.07 Å². The van der Waals surface area contributed by atoms with E-state index in [9.17, 15) is 9.90 Å². The zero-order valence-corrected chi connectivity index (χ0v) is 15.9. The van der Waals surface area contributed by atoms with Crippen LogP contribution >= 0.6 is 0 Å². The SMILES string of the molecule is Cc1cc(C)c(-c2c(O)cc(CCOCc3ccccc3)oc2=O)c(C)c1. The third-order valence-electron chi connectivity index (χ3n) is 4.51. The highest BCUT2D eigenvalue weighted by Crippen LogP contribution is 2.32. The van der Waals surface area contributed by atoms with Gasteiger partial charge in [0, 0.05) is 12.5 Å². The average molecular weight is 364 g/mol. The molecule has 1 heterocycles. The smallest absolute Gasteiger partial charge is 0.347 e. The summed E-state index contributed by atoms with van der Waals surface area (Å²) >= 11 is 0. The Morgan fingerprint density at radius 1 is 0.963 bits per heavy atom. The Hall–Kier alpha value is -2.85. The number of ether oxygens (including phenoxy) is 1. The van der Waals surface area contributed by atoms with Gasteiger partial charge in [0.25, 0.3) is 0 Å². The molecule has 140 valence electrons. The number of benzene rings is 2. The highest BCUT2D eigenvalue weighted by Gasteiger charge is 2.17. The highest BCUT2D eigenvalue weighted by atomic mass is 16.5. The molecule has 4 heteroatoms. The van der Waals surface area contributed by atoms with Crippen molar-refractivity contribution >= 4 is 0 Å². The van der Waals surface area contributed by atoms with Crippen molar-refractivity contribution in [2.75, 3.05) is 6.61 Å². The van der Waals surface area contributed by atoms with Crippen molar-refractivity contribution in [1.29, 1.82) is 0 Å². The molecule has 0 aliphatic rings. The molecule has 0 atom stereocenters. The van der Waals surface area contributed by atoms with Gasteiger partial charge in [0.15, 0.2) is 0 Å². The van der Waals surface area contributed by atoms with E-state index in [2.05, 4.69) is 0 Å². The zero-order valence-electron chi connectivity index (χ0n) is 15.9. The van der Waals surface area contributed by atoms with Crippen LogP contribution in [0, 0.1) is 20.8 Å². The molecule has 4 nitrogen and oxygen atoms in total. The van der Waals surface area contributed by atoms with Crippen LogP contribution in [0.4, 0.5) is 0 Å². The van der Waals surface area contributed by atoms with Gasteiger partial charge < -0.3 is 14.3 Å². The van der Waals surface area contributed by atoms with E-state index in [4.69, 9.17) is 9.15 Å². The van der Waals surface area contributed by atoms with Gasteiger partial charge >= 0.3 is 5.63 Å². The molecule has 0 fully saturated rings. The van der Waals surface area contributed by atoms with E-state index in [0.29, 0.717) is 25.4 Å². The van der Waals surface area contributed by atoms with Gasteiger partial charge in [0.2, 0.25) is 0 Å². The molecule has 1 N–H and O–H groups in total. The van der Waals surface area contributed by atoms with Crippen molar-refractivity contribution in [2.24, 2.45) is 0 Å². The molecule has 2 aromatic carbocycles. The summed E-state index contributed by atoms with van der Waals surface area (Å²) in [6.07, 6.45) is 0.418. The second kappa shape index (κ2) is 8.23. The fraction of sp³-hybridized carbons (Fsp3) is 0.261. The van der Waals surface area contributed by atoms with Gasteiger partial charge in [-0.05, 0) is 43.0 Å². The highest BCUT2D eigenvalue weighted by molar-refractivity contribution is 5.75. The van der Waals surface area contributed by atoms with E-state index < -0.39 is 5.63 Å². The van der Waals surface area contributed by atoms with Gasteiger partial charge in [-0.15, -0.1) is 0 Å². The lowest BCUT2D eigenvalue weighted by atomic mass is 9.94. The van der Waals surface area contributed by atoms with E-state index >= 15 is 0 Å². The van der Waals surface area contributed by atoms with Gasteiger partial charge in [0.1, 0.15) is 17.1 Å². The molecule has 27 heavy (non-hydrogen) atoms. The number of hydrogen-bond acceptors (Lipinski definition) is 4. The fourth-order valence-corrected chi connectivity index (χ4v) is 3.39. The molecular formula is C23H24O4. The van der Waals surface area contributed by atoms with Crippen molar-refractivity contribution in [3.8, 4) is 16.9 Å². The molecule has 0 radical (unpaired) electrons. The summed E-state index contributed by atoms with van der Waals surface area (Å²) in [7, 11) is 0. The lowest BCUT2D eigenvalue weighted by Gasteiger charge is -2.12. The first kappa shape index (κ1) is 18.9. The van der Waals surface area contributed by atoms with E-state index in [1.807, 2.05) is 63.2 Å². The van der Waals surface area contributed by atoms with Gasteiger partial charge in [0.05, 0.1) is 13.2 Å². The average Bonchev–Trinajstić information content (AvgIpc) is 2.61. The zero-order chi connectivity index (χ0) is 19.4. The van der Waals surface area contributed by atoms with Crippen LogP contribution in [0.3, 0.4) is 0 Å². The maximum atomic E-state index is 12.5. The van der Waals surface area contributed by atoms with E-state index in [0.717, 1.165) is 27.8 Å². The molecule has 1 aromatic heterocycles. The number of hydrogen-bond donors (Lipinski definition) is 1. The molecule has 0 saturated carbocycles. The van der Waals surface area contributed by atoms with Gasteiger partial charge in [-0.3, -0.25) is 0 Å². The quantitative estimate of drug-likeness (QED) is 0.644. The third kappa shape index (κ3) is 4.47. The minimum atomic E-state index is -0.525. The molecule has 3 aromatic rings. The lowest BCUT2D eigenvalue weighted by molar-refractivity contribution is 0.120. The largest absolute Gasteiger partial charge is 0.507 e. The van der Waals surface area contributed by atoms with Gasteiger partial charge in [-0.2, -0.15) is 0 Å². The Balaban J connectivity index is 1.75. The lowest BCUT2D eigenvalue weighted by Crippen LogP contribution is -2.09. The van der Waals surface area contributed by atoms with Crippen LogP contribution in [0.25, 0.3) is 11.1 Å². The Morgan fingerprint density at radius 2 is 1.63 bits per heavy atom. The normalized spacial score (nSPS) is 10.9. The summed E-state index contributed by atoms with van der Waals surface area (Å²) in [6, 6.07) is 15.4. The van der Waals surface area contributed by atoms with Crippen LogP contribution in [0.5, 0.6) is 5.75 Å². The molecule has 0 aliphatic carbocycles. The summed E-state index contributed by atoms with van der Waals surface area (Å²) in [5.74, 6) is 0.357. The fourth-order valence-electron chi connectivity index (χ4n) is 3.39.